The fourth-order valence-corrected chi connectivity index (χ4v) is 6.53. The zero-order valence-corrected chi connectivity index (χ0v) is 27.0. The fourth-order valence-electron chi connectivity index (χ4n) is 6.53. The molecule has 1 saturated carbocycles. The zero-order valence-electron chi connectivity index (χ0n) is 27.0. The van der Waals surface area contributed by atoms with Gasteiger partial charge >= 0.3 is 18.0 Å². The molecule has 5 rings (SSSR count). The molecular weight excluding hydrogens is 576 g/mol. The van der Waals surface area contributed by atoms with Gasteiger partial charge in [0.05, 0.1) is 11.5 Å². The predicted molar refractivity (Wildman–Crippen MR) is 165 cm³/mol. The first kappa shape index (κ1) is 32.3. The molecule has 2 aliphatic heterocycles. The highest BCUT2D eigenvalue weighted by atomic mass is 16.6. The van der Waals surface area contributed by atoms with Gasteiger partial charge < -0.3 is 29.2 Å². The van der Waals surface area contributed by atoms with E-state index in [4.69, 9.17) is 18.9 Å². The van der Waals surface area contributed by atoms with Crippen LogP contribution in [0.5, 0.6) is 5.75 Å². The highest BCUT2D eigenvalue weighted by Gasteiger charge is 2.76. The molecule has 2 bridgehead atoms. The minimum atomic E-state index is -1.40. The van der Waals surface area contributed by atoms with Crippen LogP contribution in [-0.2, 0) is 30.4 Å². The van der Waals surface area contributed by atoms with E-state index in [2.05, 4.69) is 5.32 Å². The molecule has 2 heterocycles. The van der Waals surface area contributed by atoms with Crippen LogP contribution in [0.15, 0.2) is 54.6 Å². The van der Waals surface area contributed by atoms with E-state index in [-0.39, 0.29) is 12.5 Å². The Bertz CT molecular complexity index is 1430. The molecule has 2 aromatic rings. The summed E-state index contributed by atoms with van der Waals surface area (Å²) in [6.07, 6.45) is 0.530. The van der Waals surface area contributed by atoms with Crippen molar-refractivity contribution in [2.75, 3.05) is 13.1 Å². The number of carbonyl (C=O) groups is 4. The van der Waals surface area contributed by atoms with Gasteiger partial charge in [0.2, 0.25) is 5.60 Å². The third-order valence-electron chi connectivity index (χ3n) is 9.79. The summed E-state index contributed by atoms with van der Waals surface area (Å²) >= 11 is 0. The van der Waals surface area contributed by atoms with Crippen LogP contribution < -0.4 is 10.1 Å². The second-order valence-electron chi connectivity index (χ2n) is 14.1. The van der Waals surface area contributed by atoms with Crippen LogP contribution in [0.3, 0.4) is 0 Å². The number of benzene rings is 2. The van der Waals surface area contributed by atoms with E-state index in [0.29, 0.717) is 50.1 Å². The van der Waals surface area contributed by atoms with Crippen LogP contribution in [-0.4, -0.2) is 65.3 Å². The van der Waals surface area contributed by atoms with E-state index in [1.54, 1.807) is 45.0 Å². The summed E-state index contributed by atoms with van der Waals surface area (Å²) < 4.78 is 23.4. The Hall–Kier alpha value is -4.08. The molecule has 0 unspecified atom stereocenters. The SMILES string of the molecule is CC(C)(C)OC(=O)N1CCC[C@H](OC(=O)[C@@]23CC[C@@](C)(C(=O)O2)C3(C)C)[C@@H](NC(=O)c2ccc(OCc3ccccc3)cc2)C1. The summed E-state index contributed by atoms with van der Waals surface area (Å²) in [6, 6.07) is 15.8. The van der Waals surface area contributed by atoms with Gasteiger partial charge in [-0.2, -0.15) is 0 Å². The molecule has 4 atom stereocenters. The third-order valence-corrected chi connectivity index (χ3v) is 9.79. The molecule has 3 fully saturated rings. The zero-order chi connectivity index (χ0) is 32.6. The van der Waals surface area contributed by atoms with Crippen molar-refractivity contribution in [2.45, 2.75) is 97.2 Å². The lowest BCUT2D eigenvalue weighted by Gasteiger charge is -2.37. The van der Waals surface area contributed by atoms with E-state index in [9.17, 15) is 19.2 Å². The first-order chi connectivity index (χ1) is 21.1. The van der Waals surface area contributed by atoms with E-state index in [1.807, 2.05) is 51.1 Å². The Morgan fingerprint density at radius 2 is 1.69 bits per heavy atom. The maximum absolute atomic E-state index is 13.9. The van der Waals surface area contributed by atoms with E-state index in [1.165, 1.54) is 4.90 Å². The quantitative estimate of drug-likeness (QED) is 0.322. The normalized spacial score (nSPS) is 27.2. The summed E-state index contributed by atoms with van der Waals surface area (Å²) in [5.41, 5.74) is -2.25. The Morgan fingerprint density at radius 1 is 1.00 bits per heavy atom. The Balaban J connectivity index is 1.33. The highest BCUT2D eigenvalue weighted by Crippen LogP contribution is 2.65. The number of ether oxygens (including phenoxy) is 4. The van der Waals surface area contributed by atoms with Crippen LogP contribution >= 0.6 is 0 Å². The number of nitrogens with zero attached hydrogens (tertiary/aromatic N) is 1. The molecule has 2 saturated heterocycles. The maximum atomic E-state index is 13.9. The number of fused-ring (bicyclic) bond motifs is 2. The number of nitrogens with one attached hydrogen (secondary N) is 1. The largest absolute Gasteiger partial charge is 0.489 e. The van der Waals surface area contributed by atoms with E-state index >= 15 is 0 Å². The van der Waals surface area contributed by atoms with Crippen molar-refractivity contribution in [2.24, 2.45) is 10.8 Å². The van der Waals surface area contributed by atoms with Gasteiger partial charge in [-0.3, -0.25) is 9.59 Å². The lowest BCUT2D eigenvalue weighted by atomic mass is 9.66. The van der Waals surface area contributed by atoms with Crippen LogP contribution in [0.1, 0.15) is 83.1 Å². The van der Waals surface area contributed by atoms with Crippen molar-refractivity contribution >= 4 is 23.9 Å². The number of carbonyl (C=O) groups excluding carboxylic acids is 4. The molecule has 0 spiro atoms. The monoisotopic (exact) mass is 620 g/mol. The van der Waals surface area contributed by atoms with Gasteiger partial charge in [0.15, 0.2) is 0 Å². The highest BCUT2D eigenvalue weighted by molar-refractivity contribution is 5.95. The topological polar surface area (TPSA) is 120 Å². The molecule has 242 valence electrons. The minimum Gasteiger partial charge on any atom is -0.489 e. The molecule has 45 heavy (non-hydrogen) atoms. The lowest BCUT2D eigenvalue weighted by molar-refractivity contribution is -0.188. The summed E-state index contributed by atoms with van der Waals surface area (Å²) in [6.45, 7) is 11.8. The first-order valence-corrected chi connectivity index (χ1v) is 15.7. The van der Waals surface area contributed by atoms with Crippen LogP contribution in [0.25, 0.3) is 0 Å². The maximum Gasteiger partial charge on any atom is 0.410 e. The van der Waals surface area contributed by atoms with Crippen LogP contribution in [0.4, 0.5) is 4.79 Å². The van der Waals surface area contributed by atoms with E-state index < -0.39 is 52.2 Å². The molecule has 2 amide bonds. The summed E-state index contributed by atoms with van der Waals surface area (Å²) in [5, 5.41) is 3.01. The van der Waals surface area contributed by atoms with Crippen molar-refractivity contribution in [3.63, 3.8) is 0 Å². The molecule has 10 heteroatoms. The van der Waals surface area contributed by atoms with Gasteiger partial charge in [0.25, 0.3) is 5.91 Å². The van der Waals surface area contributed by atoms with Gasteiger partial charge in [0.1, 0.15) is 24.1 Å². The molecule has 3 aliphatic rings. The molecular formula is C35H44N2O8. The van der Waals surface area contributed by atoms with Crippen LogP contribution in [0, 0.1) is 10.8 Å². The summed E-state index contributed by atoms with van der Waals surface area (Å²) in [4.78, 5) is 54.8. The van der Waals surface area contributed by atoms with Crippen LogP contribution in [0.2, 0.25) is 0 Å². The van der Waals surface area contributed by atoms with Gasteiger partial charge in [-0.15, -0.1) is 0 Å². The Kier molecular flexibility index (Phi) is 8.63. The van der Waals surface area contributed by atoms with Gasteiger partial charge in [-0.05, 0) is 83.2 Å². The predicted octanol–water partition coefficient (Wildman–Crippen LogP) is 5.43. The smallest absolute Gasteiger partial charge is 0.410 e. The summed E-state index contributed by atoms with van der Waals surface area (Å²) in [5.74, 6) is -0.782. The lowest BCUT2D eigenvalue weighted by Crippen LogP contribution is -2.55. The molecule has 10 nitrogen and oxygen atoms in total. The third kappa shape index (κ3) is 6.24. The van der Waals surface area contributed by atoms with E-state index in [0.717, 1.165) is 5.56 Å². The average Bonchev–Trinajstić information content (AvgIpc) is 3.16. The number of esters is 2. The number of amides is 2. The fraction of sp³-hybridized carbons (Fsp3) is 0.543. The molecule has 0 radical (unpaired) electrons. The van der Waals surface area contributed by atoms with Gasteiger partial charge in [0, 0.05) is 24.1 Å². The first-order valence-electron chi connectivity index (χ1n) is 15.7. The standard InChI is InChI=1S/C35H44N2O8/c1-32(2,3)45-31(41)37-20-10-13-27(43-30(40)35-19-18-34(6,29(39)44-35)33(35,4)5)26(21-37)36-28(38)24-14-16-25(17-15-24)42-22-23-11-8-7-9-12-23/h7-9,11-12,14-17,26-27H,10,13,18-22H2,1-6H3,(H,36,38)/t26-,27-,34-,35+/m0/s1. The molecule has 1 N–H and O–H groups in total. The Morgan fingerprint density at radius 3 is 2.29 bits per heavy atom. The van der Waals surface area contributed by atoms with Gasteiger partial charge in [-0.1, -0.05) is 44.2 Å². The number of hydrogen-bond acceptors (Lipinski definition) is 8. The minimum absolute atomic E-state index is 0.0742. The average molecular weight is 621 g/mol. The Labute approximate surface area is 264 Å². The van der Waals surface area contributed by atoms with Crippen molar-refractivity contribution in [3.8, 4) is 5.75 Å². The van der Waals surface area contributed by atoms with Crippen molar-refractivity contribution in [1.29, 1.82) is 0 Å². The van der Waals surface area contributed by atoms with Crippen molar-refractivity contribution in [3.05, 3.63) is 65.7 Å². The van der Waals surface area contributed by atoms with Crippen molar-refractivity contribution in [1.82, 2.24) is 10.2 Å². The molecule has 2 aromatic carbocycles. The van der Waals surface area contributed by atoms with Gasteiger partial charge in [-0.25, -0.2) is 9.59 Å². The second-order valence-corrected chi connectivity index (χ2v) is 14.1. The number of hydrogen-bond donors (Lipinski definition) is 1. The summed E-state index contributed by atoms with van der Waals surface area (Å²) in [7, 11) is 0. The molecule has 0 aromatic heterocycles. The number of rotatable bonds is 7. The van der Waals surface area contributed by atoms with Crippen molar-refractivity contribution < 1.29 is 38.1 Å². The molecule has 1 aliphatic carbocycles. The second kappa shape index (κ2) is 12.0. The number of likely N-dealkylation sites (tertiary alicyclic amines) is 1.